The molecule has 1 heterocycles. The van der Waals surface area contributed by atoms with Gasteiger partial charge in [0.25, 0.3) is 0 Å². The minimum absolute atomic E-state index is 0.509. The molecule has 0 amide bonds. The molecule has 154 valence electrons. The third-order valence-corrected chi connectivity index (χ3v) is 4.72. The van der Waals surface area contributed by atoms with Crippen LogP contribution in [0.3, 0.4) is 0 Å². The maximum Gasteiger partial charge on any atom is 0.191 e. The van der Waals surface area contributed by atoms with Gasteiger partial charge in [0.05, 0.1) is 31.8 Å². The molecule has 0 atom stereocenters. The van der Waals surface area contributed by atoms with Gasteiger partial charge in [-0.25, -0.2) is 9.98 Å². The van der Waals surface area contributed by atoms with Gasteiger partial charge in [-0.3, -0.25) is 0 Å². The van der Waals surface area contributed by atoms with E-state index in [1.54, 1.807) is 14.2 Å². The number of rotatable bonds is 8. The minimum atomic E-state index is 0.509. The average Bonchev–Trinajstić information content (AvgIpc) is 3.07. The van der Waals surface area contributed by atoms with E-state index in [1.807, 2.05) is 43.3 Å². The van der Waals surface area contributed by atoms with E-state index in [0.29, 0.717) is 6.54 Å². The molecule has 0 aliphatic heterocycles. The molecule has 0 saturated heterocycles. The molecule has 1 aromatic heterocycles. The normalized spacial score (nSPS) is 11.5. The van der Waals surface area contributed by atoms with E-state index >= 15 is 0 Å². The first-order chi connectivity index (χ1) is 14.2. The third kappa shape index (κ3) is 4.99. The van der Waals surface area contributed by atoms with Crippen LogP contribution in [0, 0.1) is 6.92 Å². The molecule has 0 aliphatic carbocycles. The van der Waals surface area contributed by atoms with Gasteiger partial charge in [-0.2, -0.15) is 0 Å². The van der Waals surface area contributed by atoms with E-state index in [2.05, 4.69) is 33.2 Å². The quantitative estimate of drug-likeness (QED) is 0.453. The predicted molar refractivity (Wildman–Crippen MR) is 117 cm³/mol. The second-order valence-electron chi connectivity index (χ2n) is 6.60. The fraction of sp³-hybridized carbons (Fsp3) is 0.364. The van der Waals surface area contributed by atoms with Crippen molar-refractivity contribution in [2.75, 3.05) is 27.3 Å². The molecular weight excluding hydrogens is 366 g/mol. The fourth-order valence-electron chi connectivity index (χ4n) is 3.25. The van der Waals surface area contributed by atoms with E-state index in [0.717, 1.165) is 59.5 Å². The number of hydrogen-bond donors (Lipinski definition) is 2. The van der Waals surface area contributed by atoms with Crippen LogP contribution in [0.1, 0.15) is 18.3 Å². The number of fused-ring (bicyclic) bond motifs is 1. The van der Waals surface area contributed by atoms with E-state index in [1.165, 1.54) is 0 Å². The Kier molecular flexibility index (Phi) is 6.94. The molecule has 0 saturated carbocycles. The monoisotopic (exact) mass is 395 g/mol. The van der Waals surface area contributed by atoms with Crippen LogP contribution in [0.25, 0.3) is 11.0 Å². The number of para-hydroxylation sites is 2. The summed E-state index contributed by atoms with van der Waals surface area (Å²) in [5.41, 5.74) is 3.18. The molecular formula is C22H29N5O2. The SMILES string of the molecule is CCNC(=NCc1ccc(OC)cc1OC)NCCn1c(C)nc2ccccc21. The second-order valence-corrected chi connectivity index (χ2v) is 6.60. The van der Waals surface area contributed by atoms with Gasteiger partial charge in [0.15, 0.2) is 5.96 Å². The van der Waals surface area contributed by atoms with Crippen LogP contribution in [0.15, 0.2) is 47.5 Å². The molecule has 0 spiro atoms. The highest BCUT2D eigenvalue weighted by Gasteiger charge is 2.08. The molecule has 2 N–H and O–H groups in total. The summed E-state index contributed by atoms with van der Waals surface area (Å²) in [5, 5.41) is 6.70. The smallest absolute Gasteiger partial charge is 0.191 e. The minimum Gasteiger partial charge on any atom is -0.497 e. The average molecular weight is 396 g/mol. The number of aliphatic imine (C=N–C) groups is 1. The molecule has 29 heavy (non-hydrogen) atoms. The first-order valence-corrected chi connectivity index (χ1v) is 9.81. The van der Waals surface area contributed by atoms with Gasteiger partial charge >= 0.3 is 0 Å². The van der Waals surface area contributed by atoms with Crippen molar-refractivity contribution in [3.63, 3.8) is 0 Å². The molecule has 2 aromatic carbocycles. The highest BCUT2D eigenvalue weighted by molar-refractivity contribution is 5.80. The summed E-state index contributed by atoms with van der Waals surface area (Å²) < 4.78 is 12.9. The summed E-state index contributed by atoms with van der Waals surface area (Å²) in [7, 11) is 3.30. The number of methoxy groups -OCH3 is 2. The number of nitrogens with zero attached hydrogens (tertiary/aromatic N) is 3. The third-order valence-electron chi connectivity index (χ3n) is 4.72. The molecule has 0 aliphatic rings. The number of aromatic nitrogens is 2. The van der Waals surface area contributed by atoms with Crippen molar-refractivity contribution in [3.8, 4) is 11.5 Å². The van der Waals surface area contributed by atoms with Crippen LogP contribution in [0.2, 0.25) is 0 Å². The molecule has 7 heteroatoms. The lowest BCUT2D eigenvalue weighted by Crippen LogP contribution is -2.38. The Morgan fingerprint density at radius 1 is 1.10 bits per heavy atom. The van der Waals surface area contributed by atoms with E-state index < -0.39 is 0 Å². The number of imidazole rings is 1. The standard InChI is InChI=1S/C22H29N5O2/c1-5-23-22(25-15-17-10-11-18(28-3)14-21(17)29-4)24-12-13-27-16(2)26-19-8-6-7-9-20(19)27/h6-11,14H,5,12-13,15H2,1-4H3,(H2,23,24,25). The lowest BCUT2D eigenvalue weighted by molar-refractivity contribution is 0.391. The van der Waals surface area contributed by atoms with Crippen molar-refractivity contribution >= 4 is 17.0 Å². The maximum absolute atomic E-state index is 5.46. The Morgan fingerprint density at radius 2 is 1.93 bits per heavy atom. The van der Waals surface area contributed by atoms with Gasteiger partial charge in [0, 0.05) is 31.3 Å². The lowest BCUT2D eigenvalue weighted by Gasteiger charge is -2.14. The molecule has 3 rings (SSSR count). The number of hydrogen-bond acceptors (Lipinski definition) is 4. The predicted octanol–water partition coefficient (Wildman–Crippen LogP) is 3.12. The number of nitrogens with one attached hydrogen (secondary N) is 2. The van der Waals surface area contributed by atoms with Crippen molar-refractivity contribution in [1.82, 2.24) is 20.2 Å². The zero-order valence-electron chi connectivity index (χ0n) is 17.5. The van der Waals surface area contributed by atoms with E-state index in [-0.39, 0.29) is 0 Å². The summed E-state index contributed by atoms with van der Waals surface area (Å²) in [5.74, 6) is 3.32. The maximum atomic E-state index is 5.46. The van der Waals surface area contributed by atoms with Crippen LogP contribution < -0.4 is 20.1 Å². The van der Waals surface area contributed by atoms with Crippen molar-refractivity contribution in [2.45, 2.75) is 26.9 Å². The molecule has 0 unspecified atom stereocenters. The van der Waals surface area contributed by atoms with Crippen LogP contribution in [-0.4, -0.2) is 42.8 Å². The van der Waals surface area contributed by atoms with Crippen LogP contribution in [0.5, 0.6) is 11.5 Å². The van der Waals surface area contributed by atoms with E-state index in [4.69, 9.17) is 14.5 Å². The molecule has 3 aromatic rings. The van der Waals surface area contributed by atoms with Gasteiger partial charge < -0.3 is 24.7 Å². The summed E-state index contributed by atoms with van der Waals surface area (Å²) in [6.45, 7) is 6.94. The number of guanidine groups is 1. The topological polar surface area (TPSA) is 72.7 Å². The summed E-state index contributed by atoms with van der Waals surface area (Å²) >= 11 is 0. The lowest BCUT2D eigenvalue weighted by atomic mass is 10.2. The molecule has 0 bridgehead atoms. The Bertz CT molecular complexity index is 980. The zero-order chi connectivity index (χ0) is 20.6. The van der Waals surface area contributed by atoms with Crippen molar-refractivity contribution < 1.29 is 9.47 Å². The summed E-state index contributed by atoms with van der Waals surface area (Å²) in [6, 6.07) is 14.0. The first kappa shape index (κ1) is 20.5. The van der Waals surface area contributed by atoms with Crippen LogP contribution in [0.4, 0.5) is 0 Å². The van der Waals surface area contributed by atoms with Crippen LogP contribution in [-0.2, 0) is 13.1 Å². The highest BCUT2D eigenvalue weighted by atomic mass is 16.5. The van der Waals surface area contributed by atoms with Gasteiger partial charge in [0.1, 0.15) is 17.3 Å². The van der Waals surface area contributed by atoms with Crippen molar-refractivity contribution in [1.29, 1.82) is 0 Å². The molecule has 0 radical (unpaired) electrons. The first-order valence-electron chi connectivity index (χ1n) is 9.81. The Labute approximate surface area is 171 Å². The number of aryl methyl sites for hydroxylation is 1. The van der Waals surface area contributed by atoms with Gasteiger partial charge in [-0.1, -0.05) is 12.1 Å². The Morgan fingerprint density at radius 3 is 2.69 bits per heavy atom. The van der Waals surface area contributed by atoms with Gasteiger partial charge in [0.2, 0.25) is 0 Å². The van der Waals surface area contributed by atoms with Gasteiger partial charge in [-0.05, 0) is 38.1 Å². The molecule has 7 nitrogen and oxygen atoms in total. The second kappa shape index (κ2) is 9.82. The van der Waals surface area contributed by atoms with Crippen molar-refractivity contribution in [3.05, 3.63) is 53.9 Å². The van der Waals surface area contributed by atoms with Crippen LogP contribution >= 0.6 is 0 Å². The fourth-order valence-corrected chi connectivity index (χ4v) is 3.25. The van der Waals surface area contributed by atoms with E-state index in [9.17, 15) is 0 Å². The Hall–Kier alpha value is -3.22. The Balaban J connectivity index is 1.66. The number of ether oxygens (including phenoxy) is 2. The number of benzene rings is 2. The highest BCUT2D eigenvalue weighted by Crippen LogP contribution is 2.25. The zero-order valence-corrected chi connectivity index (χ0v) is 17.5. The summed E-state index contributed by atoms with van der Waals surface area (Å²) in [4.78, 5) is 9.32. The molecule has 0 fully saturated rings. The summed E-state index contributed by atoms with van der Waals surface area (Å²) in [6.07, 6.45) is 0. The largest absolute Gasteiger partial charge is 0.497 e. The van der Waals surface area contributed by atoms with Gasteiger partial charge in [-0.15, -0.1) is 0 Å². The van der Waals surface area contributed by atoms with Crippen molar-refractivity contribution in [2.24, 2.45) is 4.99 Å².